The lowest BCUT2D eigenvalue weighted by Gasteiger charge is -2.09. The Morgan fingerprint density at radius 2 is 1.52 bits per heavy atom. The molecule has 0 saturated carbocycles. The zero-order valence-electron chi connectivity index (χ0n) is 17.2. The lowest BCUT2D eigenvalue weighted by atomic mass is 10.2. The van der Waals surface area contributed by atoms with E-state index in [9.17, 15) is 9.18 Å². The number of halogens is 1. The maximum Gasteiger partial charge on any atom is 0.323 e. The number of benzene rings is 3. The SMILES string of the molecule is O=C(Nc1ccc(F)cc1)Nc1ccc(Oc2ncnc3oc(-c4ccccc4)cc23)cc1. The summed E-state index contributed by atoms with van der Waals surface area (Å²) in [6.45, 7) is 0. The standard InChI is InChI=1S/C25H17FN4O3/c26-17-6-8-18(9-7-17)29-25(31)30-19-10-12-20(13-11-19)32-23-21-14-22(16-4-2-1-3-5-16)33-24(21)28-15-27-23/h1-15H,(H2,29,30,31). The molecule has 5 aromatic rings. The number of carbonyl (C=O) groups is 1. The van der Waals surface area contributed by atoms with Crippen LogP contribution in [0.5, 0.6) is 11.6 Å². The van der Waals surface area contributed by atoms with Crippen LogP contribution >= 0.6 is 0 Å². The molecule has 2 amide bonds. The first kappa shape index (κ1) is 20.2. The Kier molecular flexibility index (Phi) is 5.38. The first-order valence-corrected chi connectivity index (χ1v) is 10.1. The molecule has 0 aliphatic heterocycles. The van der Waals surface area contributed by atoms with Crippen molar-refractivity contribution in [1.29, 1.82) is 0 Å². The summed E-state index contributed by atoms with van der Waals surface area (Å²) in [5.41, 5.74) is 2.39. The molecule has 162 valence electrons. The Labute approximate surface area is 187 Å². The minimum atomic E-state index is -0.445. The lowest BCUT2D eigenvalue weighted by molar-refractivity contribution is 0.262. The van der Waals surface area contributed by atoms with Gasteiger partial charge in [0.25, 0.3) is 0 Å². The number of urea groups is 1. The van der Waals surface area contributed by atoms with Crippen molar-refractivity contribution in [3.05, 3.63) is 97.1 Å². The van der Waals surface area contributed by atoms with Gasteiger partial charge in [0.15, 0.2) is 0 Å². The van der Waals surface area contributed by atoms with E-state index >= 15 is 0 Å². The second-order valence-corrected chi connectivity index (χ2v) is 7.09. The molecule has 0 spiro atoms. The largest absolute Gasteiger partial charge is 0.438 e. The third-order valence-electron chi connectivity index (χ3n) is 4.78. The van der Waals surface area contributed by atoms with E-state index in [0.29, 0.717) is 39.9 Å². The molecule has 0 aliphatic carbocycles. The lowest BCUT2D eigenvalue weighted by Crippen LogP contribution is -2.19. The fourth-order valence-corrected chi connectivity index (χ4v) is 3.20. The number of amides is 2. The van der Waals surface area contributed by atoms with Crippen LogP contribution < -0.4 is 15.4 Å². The summed E-state index contributed by atoms with van der Waals surface area (Å²) in [4.78, 5) is 20.5. The van der Waals surface area contributed by atoms with E-state index in [1.807, 2.05) is 36.4 Å². The highest BCUT2D eigenvalue weighted by atomic mass is 19.1. The van der Waals surface area contributed by atoms with Gasteiger partial charge in [-0.25, -0.2) is 19.2 Å². The quantitative estimate of drug-likeness (QED) is 0.327. The average Bonchev–Trinajstić information content (AvgIpc) is 3.28. The van der Waals surface area contributed by atoms with Crippen LogP contribution in [-0.4, -0.2) is 16.0 Å². The van der Waals surface area contributed by atoms with Crippen molar-refractivity contribution in [2.45, 2.75) is 0 Å². The van der Waals surface area contributed by atoms with E-state index in [0.717, 1.165) is 5.56 Å². The van der Waals surface area contributed by atoms with Crippen LogP contribution in [0.25, 0.3) is 22.4 Å². The first-order chi connectivity index (χ1) is 16.1. The van der Waals surface area contributed by atoms with Gasteiger partial charge in [0.2, 0.25) is 11.6 Å². The number of anilines is 2. The van der Waals surface area contributed by atoms with Crippen LogP contribution in [0.4, 0.5) is 20.6 Å². The smallest absolute Gasteiger partial charge is 0.323 e. The molecule has 0 atom stereocenters. The van der Waals surface area contributed by atoms with Gasteiger partial charge in [0.05, 0.1) is 0 Å². The Balaban J connectivity index is 1.28. The van der Waals surface area contributed by atoms with Crippen LogP contribution in [0.15, 0.2) is 95.7 Å². The predicted octanol–water partition coefficient (Wildman–Crippen LogP) is 6.47. The van der Waals surface area contributed by atoms with Crippen molar-refractivity contribution >= 4 is 28.5 Å². The maximum absolute atomic E-state index is 13.0. The van der Waals surface area contributed by atoms with Crippen molar-refractivity contribution in [1.82, 2.24) is 9.97 Å². The number of carbonyl (C=O) groups excluding carboxylic acids is 1. The van der Waals surface area contributed by atoms with Gasteiger partial charge in [-0.15, -0.1) is 0 Å². The second kappa shape index (κ2) is 8.80. The van der Waals surface area contributed by atoms with Gasteiger partial charge >= 0.3 is 6.03 Å². The van der Waals surface area contributed by atoms with E-state index in [1.165, 1.54) is 30.6 Å². The van der Waals surface area contributed by atoms with E-state index in [-0.39, 0.29) is 5.82 Å². The highest BCUT2D eigenvalue weighted by Crippen LogP contribution is 2.33. The summed E-state index contributed by atoms with van der Waals surface area (Å²) < 4.78 is 24.8. The van der Waals surface area contributed by atoms with Crippen molar-refractivity contribution in [2.75, 3.05) is 10.6 Å². The highest BCUT2D eigenvalue weighted by Gasteiger charge is 2.13. The molecule has 5 rings (SSSR count). The van der Waals surface area contributed by atoms with Gasteiger partial charge in [-0.3, -0.25) is 0 Å². The molecule has 0 bridgehead atoms. The number of rotatable bonds is 5. The van der Waals surface area contributed by atoms with Crippen molar-refractivity contribution < 1.29 is 18.3 Å². The summed E-state index contributed by atoms with van der Waals surface area (Å²) in [6.07, 6.45) is 1.38. The predicted molar refractivity (Wildman–Crippen MR) is 123 cm³/mol. The van der Waals surface area contributed by atoms with Gasteiger partial charge < -0.3 is 19.8 Å². The summed E-state index contributed by atoms with van der Waals surface area (Å²) in [7, 11) is 0. The molecule has 0 saturated heterocycles. The van der Waals surface area contributed by atoms with Gasteiger partial charge in [-0.05, 0) is 54.6 Å². The number of furan rings is 1. The number of nitrogens with zero attached hydrogens (tertiary/aromatic N) is 2. The monoisotopic (exact) mass is 440 g/mol. The van der Waals surface area contributed by atoms with Crippen molar-refractivity contribution in [3.8, 4) is 23.0 Å². The fraction of sp³-hybridized carbons (Fsp3) is 0. The van der Waals surface area contributed by atoms with Crippen LogP contribution in [-0.2, 0) is 0 Å². The Morgan fingerprint density at radius 1 is 0.848 bits per heavy atom. The third-order valence-corrected chi connectivity index (χ3v) is 4.78. The first-order valence-electron chi connectivity index (χ1n) is 10.1. The molecule has 0 radical (unpaired) electrons. The second-order valence-electron chi connectivity index (χ2n) is 7.09. The molecule has 7 nitrogen and oxygen atoms in total. The van der Waals surface area contributed by atoms with Gasteiger partial charge in [-0.2, -0.15) is 0 Å². The van der Waals surface area contributed by atoms with Crippen LogP contribution in [0.3, 0.4) is 0 Å². The zero-order chi connectivity index (χ0) is 22.6. The minimum Gasteiger partial charge on any atom is -0.438 e. The highest BCUT2D eigenvalue weighted by molar-refractivity contribution is 5.99. The summed E-state index contributed by atoms with van der Waals surface area (Å²) in [5.74, 6) is 1.19. The number of nitrogens with one attached hydrogen (secondary N) is 2. The molecule has 33 heavy (non-hydrogen) atoms. The number of hydrogen-bond donors (Lipinski definition) is 2. The summed E-state index contributed by atoms with van der Waals surface area (Å²) in [6, 6.07) is 23.4. The van der Waals surface area contributed by atoms with Crippen molar-refractivity contribution in [3.63, 3.8) is 0 Å². The van der Waals surface area contributed by atoms with Gasteiger partial charge in [0, 0.05) is 16.9 Å². The molecule has 0 unspecified atom stereocenters. The molecule has 0 aliphatic rings. The number of aromatic nitrogens is 2. The van der Waals surface area contributed by atoms with E-state index in [2.05, 4.69) is 20.6 Å². The topological polar surface area (TPSA) is 89.3 Å². The zero-order valence-corrected chi connectivity index (χ0v) is 17.2. The van der Waals surface area contributed by atoms with Gasteiger partial charge in [-0.1, -0.05) is 30.3 Å². The normalized spacial score (nSPS) is 10.7. The van der Waals surface area contributed by atoms with E-state index in [1.54, 1.807) is 24.3 Å². The number of ether oxygens (including phenoxy) is 1. The average molecular weight is 440 g/mol. The summed E-state index contributed by atoms with van der Waals surface area (Å²) >= 11 is 0. The molecule has 2 N–H and O–H groups in total. The van der Waals surface area contributed by atoms with E-state index < -0.39 is 6.03 Å². The molecule has 2 heterocycles. The fourth-order valence-electron chi connectivity index (χ4n) is 3.20. The Bertz CT molecular complexity index is 1400. The Morgan fingerprint density at radius 3 is 2.21 bits per heavy atom. The number of hydrogen-bond acceptors (Lipinski definition) is 5. The van der Waals surface area contributed by atoms with Crippen molar-refractivity contribution in [2.24, 2.45) is 0 Å². The molecule has 2 aromatic heterocycles. The summed E-state index contributed by atoms with van der Waals surface area (Å²) in [5, 5.41) is 5.99. The van der Waals surface area contributed by atoms with Gasteiger partial charge in [0.1, 0.15) is 29.0 Å². The van der Waals surface area contributed by atoms with Crippen LogP contribution in [0.1, 0.15) is 0 Å². The van der Waals surface area contributed by atoms with Crippen LogP contribution in [0.2, 0.25) is 0 Å². The Hall–Kier alpha value is -4.72. The molecular formula is C25H17FN4O3. The maximum atomic E-state index is 13.0. The molecule has 3 aromatic carbocycles. The van der Waals surface area contributed by atoms with E-state index in [4.69, 9.17) is 9.15 Å². The molecule has 0 fully saturated rings. The molecule has 8 heteroatoms. The van der Waals surface area contributed by atoms with Crippen LogP contribution in [0, 0.1) is 5.82 Å². The number of fused-ring (bicyclic) bond motifs is 1. The third kappa shape index (κ3) is 4.64. The minimum absolute atomic E-state index is 0.362. The molecular weight excluding hydrogens is 423 g/mol.